The van der Waals surface area contributed by atoms with Gasteiger partial charge in [-0.05, 0) is 44.7 Å². The molecule has 0 radical (unpaired) electrons. The van der Waals surface area contributed by atoms with E-state index in [1.165, 1.54) is 6.07 Å². The normalized spacial score (nSPS) is 12.4. The second-order valence-corrected chi connectivity index (χ2v) is 4.98. The highest BCUT2D eigenvalue weighted by Gasteiger charge is 2.17. The summed E-state index contributed by atoms with van der Waals surface area (Å²) in [5, 5.41) is 3.23. The van der Waals surface area contributed by atoms with Gasteiger partial charge in [0.2, 0.25) is 0 Å². The fraction of sp³-hybridized carbons (Fsp3) is 0.294. The summed E-state index contributed by atoms with van der Waals surface area (Å²) < 4.78 is 19.3. The molecule has 0 aliphatic rings. The number of rotatable bonds is 5. The number of hydrogen-bond donors (Lipinski definition) is 1. The minimum absolute atomic E-state index is 0.0966. The van der Waals surface area contributed by atoms with Gasteiger partial charge in [0, 0.05) is 5.56 Å². The standard InChI is InChI=1S/C17H20FNO/c1-12(2)20-16-10-5-4-9-15(16)17(19-3)13-7-6-8-14(18)11-13/h4-12,17,19H,1-3H3. The van der Waals surface area contributed by atoms with Gasteiger partial charge in [-0.15, -0.1) is 0 Å². The summed E-state index contributed by atoms with van der Waals surface area (Å²) in [5.74, 6) is 0.594. The van der Waals surface area contributed by atoms with Gasteiger partial charge in [0.1, 0.15) is 11.6 Å². The van der Waals surface area contributed by atoms with Crippen LogP contribution in [0.1, 0.15) is 31.0 Å². The first kappa shape index (κ1) is 14.5. The zero-order valence-electron chi connectivity index (χ0n) is 12.1. The van der Waals surface area contributed by atoms with E-state index in [-0.39, 0.29) is 18.0 Å². The second kappa shape index (κ2) is 6.53. The Bertz CT molecular complexity index is 568. The molecule has 20 heavy (non-hydrogen) atoms. The van der Waals surface area contributed by atoms with Crippen molar-refractivity contribution in [1.82, 2.24) is 5.32 Å². The molecule has 0 bridgehead atoms. The Labute approximate surface area is 119 Å². The lowest BCUT2D eigenvalue weighted by Gasteiger charge is -2.22. The van der Waals surface area contributed by atoms with Crippen LogP contribution in [0.2, 0.25) is 0 Å². The first-order chi connectivity index (χ1) is 9.61. The van der Waals surface area contributed by atoms with E-state index in [2.05, 4.69) is 5.32 Å². The Balaban J connectivity index is 2.41. The molecule has 1 unspecified atom stereocenters. The molecule has 1 N–H and O–H groups in total. The molecule has 3 heteroatoms. The van der Waals surface area contributed by atoms with Crippen molar-refractivity contribution in [3.8, 4) is 5.75 Å². The van der Waals surface area contributed by atoms with Crippen LogP contribution in [0.3, 0.4) is 0 Å². The minimum Gasteiger partial charge on any atom is -0.491 e. The summed E-state index contributed by atoms with van der Waals surface area (Å²) in [5.41, 5.74) is 1.89. The van der Waals surface area contributed by atoms with Crippen molar-refractivity contribution in [2.45, 2.75) is 26.0 Å². The largest absolute Gasteiger partial charge is 0.491 e. The molecule has 0 amide bonds. The van der Waals surface area contributed by atoms with Crippen molar-refractivity contribution in [3.63, 3.8) is 0 Å². The lowest BCUT2D eigenvalue weighted by Crippen LogP contribution is -2.19. The molecule has 0 aliphatic carbocycles. The maximum atomic E-state index is 13.4. The van der Waals surface area contributed by atoms with E-state index in [0.29, 0.717) is 0 Å². The molecule has 106 valence electrons. The molecule has 0 saturated carbocycles. The second-order valence-electron chi connectivity index (χ2n) is 4.98. The zero-order valence-corrected chi connectivity index (χ0v) is 12.1. The summed E-state index contributed by atoms with van der Waals surface area (Å²) in [7, 11) is 1.86. The molecule has 0 saturated heterocycles. The van der Waals surface area contributed by atoms with E-state index in [0.717, 1.165) is 16.9 Å². The lowest BCUT2D eigenvalue weighted by atomic mass is 9.98. The van der Waals surface area contributed by atoms with Gasteiger partial charge in [0.15, 0.2) is 0 Å². The molecule has 2 aromatic rings. The van der Waals surface area contributed by atoms with E-state index in [9.17, 15) is 4.39 Å². The number of benzene rings is 2. The van der Waals surface area contributed by atoms with Crippen LogP contribution in [0, 0.1) is 5.82 Å². The van der Waals surface area contributed by atoms with Crippen molar-refractivity contribution >= 4 is 0 Å². The van der Waals surface area contributed by atoms with Crippen LogP contribution in [0.4, 0.5) is 4.39 Å². The molecule has 0 spiro atoms. The predicted molar refractivity (Wildman–Crippen MR) is 79.5 cm³/mol. The Kier molecular flexibility index (Phi) is 4.74. The van der Waals surface area contributed by atoms with Crippen LogP contribution >= 0.6 is 0 Å². The van der Waals surface area contributed by atoms with Crippen LogP contribution in [0.5, 0.6) is 5.75 Å². The number of nitrogens with one attached hydrogen (secondary N) is 1. The van der Waals surface area contributed by atoms with Gasteiger partial charge in [-0.25, -0.2) is 4.39 Å². The molecular weight excluding hydrogens is 253 g/mol. The van der Waals surface area contributed by atoms with Crippen LogP contribution in [-0.2, 0) is 0 Å². The Hall–Kier alpha value is -1.87. The third-order valence-electron chi connectivity index (χ3n) is 3.06. The van der Waals surface area contributed by atoms with Gasteiger partial charge < -0.3 is 10.1 Å². The average molecular weight is 273 g/mol. The predicted octanol–water partition coefficient (Wildman–Crippen LogP) is 3.92. The third kappa shape index (κ3) is 3.36. The number of halogens is 1. The Morgan fingerprint density at radius 1 is 1.05 bits per heavy atom. The quantitative estimate of drug-likeness (QED) is 0.891. The van der Waals surface area contributed by atoms with Gasteiger partial charge in [0.25, 0.3) is 0 Å². The molecule has 0 heterocycles. The van der Waals surface area contributed by atoms with Gasteiger partial charge >= 0.3 is 0 Å². The van der Waals surface area contributed by atoms with E-state index < -0.39 is 0 Å². The number of ether oxygens (including phenoxy) is 1. The maximum Gasteiger partial charge on any atom is 0.124 e. The Morgan fingerprint density at radius 3 is 2.45 bits per heavy atom. The van der Waals surface area contributed by atoms with Crippen molar-refractivity contribution in [2.24, 2.45) is 0 Å². The highest BCUT2D eigenvalue weighted by atomic mass is 19.1. The maximum absolute atomic E-state index is 13.4. The lowest BCUT2D eigenvalue weighted by molar-refractivity contribution is 0.238. The summed E-state index contributed by atoms with van der Waals surface area (Å²) in [6.45, 7) is 3.99. The highest BCUT2D eigenvalue weighted by Crippen LogP contribution is 2.30. The van der Waals surface area contributed by atoms with Crippen LogP contribution in [0.15, 0.2) is 48.5 Å². The smallest absolute Gasteiger partial charge is 0.124 e. The van der Waals surface area contributed by atoms with Gasteiger partial charge in [-0.1, -0.05) is 30.3 Å². The van der Waals surface area contributed by atoms with Crippen molar-refractivity contribution < 1.29 is 9.13 Å². The summed E-state index contributed by atoms with van der Waals surface area (Å²) in [6.07, 6.45) is 0.0983. The minimum atomic E-state index is -0.231. The average Bonchev–Trinajstić information content (AvgIpc) is 2.41. The highest BCUT2D eigenvalue weighted by molar-refractivity contribution is 5.41. The van der Waals surface area contributed by atoms with Crippen molar-refractivity contribution in [2.75, 3.05) is 7.05 Å². The first-order valence-corrected chi connectivity index (χ1v) is 6.80. The molecular formula is C17H20FNO. The van der Waals surface area contributed by atoms with Crippen LogP contribution in [0.25, 0.3) is 0 Å². The van der Waals surface area contributed by atoms with Crippen LogP contribution in [-0.4, -0.2) is 13.2 Å². The number of para-hydroxylation sites is 1. The molecule has 2 rings (SSSR count). The first-order valence-electron chi connectivity index (χ1n) is 6.80. The fourth-order valence-corrected chi connectivity index (χ4v) is 2.27. The molecule has 0 aliphatic heterocycles. The van der Waals surface area contributed by atoms with Gasteiger partial charge in [-0.2, -0.15) is 0 Å². The molecule has 0 fully saturated rings. The molecule has 2 nitrogen and oxygen atoms in total. The van der Waals surface area contributed by atoms with E-state index in [1.54, 1.807) is 12.1 Å². The van der Waals surface area contributed by atoms with Crippen molar-refractivity contribution in [1.29, 1.82) is 0 Å². The number of hydrogen-bond acceptors (Lipinski definition) is 2. The molecule has 0 aromatic heterocycles. The van der Waals surface area contributed by atoms with Gasteiger partial charge in [-0.3, -0.25) is 0 Å². The molecule has 1 atom stereocenters. The monoisotopic (exact) mass is 273 g/mol. The Morgan fingerprint density at radius 2 is 1.80 bits per heavy atom. The SMILES string of the molecule is CNC(c1cccc(F)c1)c1ccccc1OC(C)C. The summed E-state index contributed by atoms with van der Waals surface area (Å²) in [4.78, 5) is 0. The van der Waals surface area contributed by atoms with E-state index in [4.69, 9.17) is 4.74 Å². The van der Waals surface area contributed by atoms with Crippen LogP contribution < -0.4 is 10.1 Å². The van der Waals surface area contributed by atoms with E-state index >= 15 is 0 Å². The van der Waals surface area contributed by atoms with E-state index in [1.807, 2.05) is 51.2 Å². The van der Waals surface area contributed by atoms with Crippen molar-refractivity contribution in [3.05, 3.63) is 65.5 Å². The summed E-state index contributed by atoms with van der Waals surface area (Å²) in [6, 6.07) is 14.4. The zero-order chi connectivity index (χ0) is 14.5. The van der Waals surface area contributed by atoms with Gasteiger partial charge in [0.05, 0.1) is 12.1 Å². The summed E-state index contributed by atoms with van der Waals surface area (Å²) >= 11 is 0. The molecule has 2 aromatic carbocycles. The fourth-order valence-electron chi connectivity index (χ4n) is 2.27. The topological polar surface area (TPSA) is 21.3 Å². The third-order valence-corrected chi connectivity index (χ3v) is 3.06.